The van der Waals surface area contributed by atoms with Gasteiger partial charge in [0.2, 0.25) is 0 Å². The van der Waals surface area contributed by atoms with Crippen LogP contribution in [0.25, 0.3) is 0 Å². The Kier molecular flexibility index (Phi) is 3.33. The maximum Gasteiger partial charge on any atom is 0.316 e. The summed E-state index contributed by atoms with van der Waals surface area (Å²) in [5.74, 6) is 0.136. The summed E-state index contributed by atoms with van der Waals surface area (Å²) < 4.78 is 7.71. The zero-order valence-electron chi connectivity index (χ0n) is 11.2. The van der Waals surface area contributed by atoms with Gasteiger partial charge in [0.25, 0.3) is 0 Å². The summed E-state index contributed by atoms with van der Waals surface area (Å²) >= 11 is 3.46. The van der Waals surface area contributed by atoms with Gasteiger partial charge in [0.05, 0.1) is 15.9 Å². The summed E-state index contributed by atoms with van der Waals surface area (Å²) in [6, 6.07) is 0.268. The molecule has 0 unspecified atom stereocenters. The van der Waals surface area contributed by atoms with E-state index in [0.29, 0.717) is 12.4 Å². The molecule has 1 fully saturated rings. The van der Waals surface area contributed by atoms with Crippen molar-refractivity contribution >= 4 is 21.8 Å². The van der Waals surface area contributed by atoms with Crippen molar-refractivity contribution in [3.8, 4) is 0 Å². The molecule has 0 bridgehead atoms. The highest BCUT2D eigenvalue weighted by Gasteiger charge is 2.26. The van der Waals surface area contributed by atoms with Gasteiger partial charge in [-0.15, -0.1) is 0 Å². The molecule has 1 amide bonds. The van der Waals surface area contributed by atoms with Crippen molar-refractivity contribution < 1.29 is 9.32 Å². The fourth-order valence-electron chi connectivity index (χ4n) is 1.85. The van der Waals surface area contributed by atoms with Gasteiger partial charge in [-0.1, -0.05) is 5.16 Å². The number of nitrogens with zero attached hydrogens (tertiary/aromatic N) is 4. The first-order chi connectivity index (χ1) is 9.54. The lowest BCUT2D eigenvalue weighted by atomic mass is 10.4. The first kappa shape index (κ1) is 13.3. The fourth-order valence-corrected chi connectivity index (χ4v) is 2.13. The van der Waals surface area contributed by atoms with Crippen LogP contribution in [0.4, 0.5) is 0 Å². The van der Waals surface area contributed by atoms with E-state index in [1.807, 2.05) is 13.8 Å². The third-order valence-electron chi connectivity index (χ3n) is 3.16. The van der Waals surface area contributed by atoms with Gasteiger partial charge in [-0.05, 0) is 42.6 Å². The van der Waals surface area contributed by atoms with Crippen molar-refractivity contribution in [3.05, 3.63) is 27.6 Å². The predicted molar refractivity (Wildman–Crippen MR) is 73.3 cm³/mol. The highest BCUT2D eigenvalue weighted by molar-refractivity contribution is 9.10. The molecule has 8 heteroatoms. The molecule has 0 saturated heterocycles. The number of hydrogen-bond acceptors (Lipinski definition) is 5. The average Bonchev–Trinajstić information content (AvgIpc) is 3.05. The first-order valence-electron chi connectivity index (χ1n) is 6.37. The molecule has 7 nitrogen and oxygen atoms in total. The van der Waals surface area contributed by atoms with Crippen LogP contribution in [0.1, 0.15) is 40.7 Å². The zero-order chi connectivity index (χ0) is 14.3. The van der Waals surface area contributed by atoms with E-state index in [4.69, 9.17) is 4.52 Å². The molecule has 1 saturated carbocycles. The van der Waals surface area contributed by atoms with Gasteiger partial charge >= 0.3 is 11.8 Å². The third kappa shape index (κ3) is 2.60. The Bertz CT molecular complexity index is 659. The van der Waals surface area contributed by atoms with Gasteiger partial charge in [0.1, 0.15) is 6.54 Å². The molecule has 0 aliphatic heterocycles. The summed E-state index contributed by atoms with van der Waals surface area (Å²) in [4.78, 5) is 15.8. The molecule has 1 N–H and O–H groups in total. The summed E-state index contributed by atoms with van der Waals surface area (Å²) in [5, 5.41) is 11.0. The molecular weight excluding hydrogens is 326 g/mol. The number of halogens is 1. The number of hydrogen-bond donors (Lipinski definition) is 1. The molecule has 20 heavy (non-hydrogen) atoms. The van der Waals surface area contributed by atoms with Crippen molar-refractivity contribution in [3.63, 3.8) is 0 Å². The number of carbonyl (C=O) groups is 1. The second-order valence-corrected chi connectivity index (χ2v) is 5.70. The normalized spacial score (nSPS) is 14.6. The minimum atomic E-state index is -0.305. The Balaban J connectivity index is 1.73. The Morgan fingerprint density at radius 1 is 1.50 bits per heavy atom. The number of aryl methyl sites for hydroxylation is 1. The molecule has 1 aliphatic carbocycles. The van der Waals surface area contributed by atoms with Crippen LogP contribution in [0.15, 0.2) is 9.00 Å². The van der Waals surface area contributed by atoms with E-state index in [-0.39, 0.29) is 17.8 Å². The van der Waals surface area contributed by atoms with E-state index in [1.165, 1.54) is 0 Å². The Hall–Kier alpha value is -1.70. The Morgan fingerprint density at radius 3 is 2.85 bits per heavy atom. The van der Waals surface area contributed by atoms with Gasteiger partial charge in [0, 0.05) is 6.04 Å². The molecule has 2 aromatic rings. The average molecular weight is 340 g/mol. The molecule has 0 radical (unpaired) electrons. The van der Waals surface area contributed by atoms with E-state index in [2.05, 4.69) is 36.5 Å². The summed E-state index contributed by atoms with van der Waals surface area (Å²) in [6.45, 7) is 4.24. The van der Waals surface area contributed by atoms with Gasteiger partial charge in [-0.3, -0.25) is 9.48 Å². The van der Waals surface area contributed by atoms with Crippen LogP contribution in [0.5, 0.6) is 0 Å². The summed E-state index contributed by atoms with van der Waals surface area (Å²) in [5.41, 5.74) is 1.88. The van der Waals surface area contributed by atoms with Crippen molar-refractivity contribution in [2.75, 3.05) is 0 Å². The first-order valence-corrected chi connectivity index (χ1v) is 7.17. The minimum Gasteiger partial charge on any atom is -0.345 e. The Morgan fingerprint density at radius 2 is 2.25 bits per heavy atom. The lowest BCUT2D eigenvalue weighted by Crippen LogP contribution is -2.25. The highest BCUT2D eigenvalue weighted by Crippen LogP contribution is 2.20. The number of rotatable bonds is 4. The number of aromatic nitrogens is 4. The SMILES string of the molecule is Cc1nn(Cc2noc(C(=O)NC3CC3)n2)c(C)c1Br. The minimum absolute atomic E-state index is 0.00694. The lowest BCUT2D eigenvalue weighted by Gasteiger charge is -1.99. The molecule has 0 spiro atoms. The smallest absolute Gasteiger partial charge is 0.316 e. The predicted octanol–water partition coefficient (Wildman–Crippen LogP) is 1.59. The summed E-state index contributed by atoms with van der Waals surface area (Å²) in [6.07, 6.45) is 2.04. The number of nitrogens with one attached hydrogen (secondary N) is 1. The molecule has 1 aliphatic rings. The third-order valence-corrected chi connectivity index (χ3v) is 4.31. The molecule has 2 heterocycles. The monoisotopic (exact) mass is 339 g/mol. The molecular formula is C12H14BrN5O2. The van der Waals surface area contributed by atoms with Crippen LogP contribution in [0.2, 0.25) is 0 Å². The zero-order valence-corrected chi connectivity index (χ0v) is 12.8. The van der Waals surface area contributed by atoms with Crippen LogP contribution in [0.3, 0.4) is 0 Å². The van der Waals surface area contributed by atoms with E-state index >= 15 is 0 Å². The van der Waals surface area contributed by atoms with E-state index in [9.17, 15) is 4.79 Å². The largest absolute Gasteiger partial charge is 0.345 e. The molecule has 0 atom stereocenters. The number of carbonyl (C=O) groups excluding carboxylic acids is 1. The number of amides is 1. The molecule has 2 aromatic heterocycles. The topological polar surface area (TPSA) is 85.8 Å². The van der Waals surface area contributed by atoms with Gasteiger partial charge < -0.3 is 9.84 Å². The van der Waals surface area contributed by atoms with Crippen molar-refractivity contribution in [2.24, 2.45) is 0 Å². The van der Waals surface area contributed by atoms with Crippen LogP contribution in [0, 0.1) is 13.8 Å². The van der Waals surface area contributed by atoms with Crippen molar-refractivity contribution in [1.82, 2.24) is 25.2 Å². The maximum absolute atomic E-state index is 11.7. The van der Waals surface area contributed by atoms with Crippen LogP contribution < -0.4 is 5.32 Å². The molecule has 0 aromatic carbocycles. The summed E-state index contributed by atoms with van der Waals surface area (Å²) in [7, 11) is 0. The standard InChI is InChI=1S/C12H14BrN5O2/c1-6-10(13)7(2)18(16-6)5-9-15-12(20-17-9)11(19)14-8-3-4-8/h8H,3-5H2,1-2H3,(H,14,19). The molecule has 3 rings (SSSR count). The highest BCUT2D eigenvalue weighted by atomic mass is 79.9. The van der Waals surface area contributed by atoms with Crippen molar-refractivity contribution in [2.45, 2.75) is 39.3 Å². The second-order valence-electron chi connectivity index (χ2n) is 4.91. The quantitative estimate of drug-likeness (QED) is 0.913. The molecule has 106 valence electrons. The van der Waals surface area contributed by atoms with E-state index < -0.39 is 0 Å². The van der Waals surface area contributed by atoms with Crippen LogP contribution in [-0.4, -0.2) is 31.9 Å². The van der Waals surface area contributed by atoms with Crippen LogP contribution in [-0.2, 0) is 6.54 Å². The maximum atomic E-state index is 11.7. The lowest BCUT2D eigenvalue weighted by molar-refractivity contribution is 0.0907. The van der Waals surface area contributed by atoms with Gasteiger partial charge in [-0.25, -0.2) is 0 Å². The van der Waals surface area contributed by atoms with Crippen molar-refractivity contribution in [1.29, 1.82) is 0 Å². The van der Waals surface area contributed by atoms with E-state index in [0.717, 1.165) is 28.7 Å². The van der Waals surface area contributed by atoms with E-state index in [1.54, 1.807) is 4.68 Å². The van der Waals surface area contributed by atoms with Gasteiger partial charge in [-0.2, -0.15) is 10.1 Å². The van der Waals surface area contributed by atoms with Crippen LogP contribution >= 0.6 is 15.9 Å². The second kappa shape index (κ2) is 5.01. The van der Waals surface area contributed by atoms with Gasteiger partial charge in [0.15, 0.2) is 5.82 Å². The Labute approximate surface area is 123 Å². The fraction of sp³-hybridized carbons (Fsp3) is 0.500.